The Bertz CT molecular complexity index is 745. The number of aliphatic hydroxyl groups excluding tert-OH is 1. The number of nitrogens with zero attached hydrogens (tertiary/aromatic N) is 1. The van der Waals surface area contributed by atoms with Crippen LogP contribution in [0.4, 0.5) is 0 Å². The Labute approximate surface area is 173 Å². The van der Waals surface area contributed by atoms with Gasteiger partial charge in [0.15, 0.2) is 0 Å². The van der Waals surface area contributed by atoms with Crippen LogP contribution in [0.25, 0.3) is 0 Å². The minimum Gasteiger partial charge on any atom is -0.488 e. The molecule has 2 aromatic carbocycles. The average molecular weight is 400 g/mol. The van der Waals surface area contributed by atoms with Crippen LogP contribution in [0.1, 0.15) is 37.7 Å². The summed E-state index contributed by atoms with van der Waals surface area (Å²) in [6.07, 6.45) is 6.03. The molecule has 0 amide bonds. The summed E-state index contributed by atoms with van der Waals surface area (Å²) in [5.74, 6) is 1.50. The number of likely N-dealkylation sites (tertiary alicyclic amines) is 1. The van der Waals surface area contributed by atoms with Crippen molar-refractivity contribution in [2.45, 2.75) is 56.8 Å². The largest absolute Gasteiger partial charge is 0.488 e. The lowest BCUT2D eigenvalue weighted by Crippen LogP contribution is -2.54. The summed E-state index contributed by atoms with van der Waals surface area (Å²) < 4.78 is 6.11. The molecule has 28 heavy (non-hydrogen) atoms. The molecule has 2 aromatic rings. The molecule has 0 spiro atoms. The van der Waals surface area contributed by atoms with Gasteiger partial charge in [-0.3, -0.25) is 4.90 Å². The maximum atomic E-state index is 11.0. The second-order valence-corrected chi connectivity index (χ2v) is 8.71. The third-order valence-corrected chi connectivity index (χ3v) is 6.57. The van der Waals surface area contributed by atoms with Crippen molar-refractivity contribution in [1.29, 1.82) is 0 Å². The van der Waals surface area contributed by atoms with Gasteiger partial charge in [-0.05, 0) is 81.3 Å². The monoisotopic (exact) mass is 399 g/mol. The van der Waals surface area contributed by atoms with E-state index in [-0.39, 0.29) is 12.1 Å². The Morgan fingerprint density at radius 2 is 1.75 bits per heavy atom. The molecule has 1 aliphatic heterocycles. The predicted molar refractivity (Wildman–Crippen MR) is 114 cm³/mol. The summed E-state index contributed by atoms with van der Waals surface area (Å²) in [6.45, 7) is 2.15. The molecule has 4 rings (SSSR count). The lowest BCUT2D eigenvalue weighted by Gasteiger charge is -2.44. The molecule has 1 heterocycles. The Morgan fingerprint density at radius 1 is 0.964 bits per heavy atom. The summed E-state index contributed by atoms with van der Waals surface area (Å²) in [7, 11) is 0. The van der Waals surface area contributed by atoms with Crippen molar-refractivity contribution in [2.75, 3.05) is 13.1 Å². The van der Waals surface area contributed by atoms with Crippen molar-refractivity contribution < 1.29 is 9.84 Å². The molecular weight excluding hydrogens is 370 g/mol. The van der Waals surface area contributed by atoms with Gasteiger partial charge in [0.1, 0.15) is 18.0 Å². The zero-order valence-corrected chi connectivity index (χ0v) is 17.1. The molecule has 2 fully saturated rings. The molecule has 1 N–H and O–H groups in total. The Morgan fingerprint density at radius 3 is 2.50 bits per heavy atom. The Kier molecular flexibility index (Phi) is 6.56. The highest BCUT2D eigenvalue weighted by Crippen LogP contribution is 2.31. The molecule has 0 radical (unpaired) electrons. The first kappa shape index (κ1) is 19.8. The summed E-state index contributed by atoms with van der Waals surface area (Å²) in [5.41, 5.74) is 1.44. The lowest BCUT2D eigenvalue weighted by molar-refractivity contribution is -0.0605. The highest BCUT2D eigenvalue weighted by molar-refractivity contribution is 6.30. The van der Waals surface area contributed by atoms with Crippen LogP contribution in [0, 0.1) is 5.92 Å². The topological polar surface area (TPSA) is 32.7 Å². The van der Waals surface area contributed by atoms with Gasteiger partial charge in [-0.25, -0.2) is 0 Å². The molecule has 3 nitrogen and oxygen atoms in total. The first-order valence-corrected chi connectivity index (χ1v) is 10.9. The van der Waals surface area contributed by atoms with Crippen molar-refractivity contribution in [1.82, 2.24) is 4.90 Å². The first-order valence-electron chi connectivity index (χ1n) is 10.6. The van der Waals surface area contributed by atoms with E-state index in [1.807, 2.05) is 24.3 Å². The Balaban J connectivity index is 1.31. The van der Waals surface area contributed by atoms with E-state index in [0.717, 1.165) is 44.0 Å². The fourth-order valence-electron chi connectivity index (χ4n) is 4.80. The SMILES string of the molecule is O[C@H]1[C@H](Oc2cccc(Cl)c2)CCC[C@@H]1N1CCC(Cc2ccccc2)CC1. The second-order valence-electron chi connectivity index (χ2n) is 8.27. The van der Waals surface area contributed by atoms with Crippen LogP contribution in [-0.2, 0) is 6.42 Å². The van der Waals surface area contributed by atoms with E-state index in [1.54, 1.807) is 0 Å². The predicted octanol–water partition coefficient (Wildman–Crippen LogP) is 4.96. The molecule has 150 valence electrons. The Hall–Kier alpha value is -1.55. The molecule has 3 atom stereocenters. The zero-order valence-electron chi connectivity index (χ0n) is 16.3. The van der Waals surface area contributed by atoms with Crippen molar-refractivity contribution in [3.05, 3.63) is 65.2 Å². The number of ether oxygens (including phenoxy) is 1. The molecule has 0 unspecified atom stereocenters. The van der Waals surface area contributed by atoms with E-state index in [9.17, 15) is 5.11 Å². The summed E-state index contributed by atoms with van der Waals surface area (Å²) in [4.78, 5) is 2.50. The standard InChI is InChI=1S/C24H30ClNO2/c25-20-8-4-9-21(17-20)28-23-11-5-10-22(24(23)27)26-14-12-19(13-15-26)16-18-6-2-1-3-7-18/h1-4,6-9,17,19,22-24,27H,5,10-16H2/t22-,23+,24+/m0/s1. The normalized spacial score (nSPS) is 26.9. The number of benzene rings is 2. The third kappa shape index (κ3) is 4.89. The molecule has 0 aromatic heterocycles. The van der Waals surface area contributed by atoms with Crippen LogP contribution in [0.2, 0.25) is 5.02 Å². The number of hydrogen-bond acceptors (Lipinski definition) is 3. The fourth-order valence-corrected chi connectivity index (χ4v) is 4.98. The van der Waals surface area contributed by atoms with Crippen LogP contribution in [0.3, 0.4) is 0 Å². The number of hydrogen-bond donors (Lipinski definition) is 1. The van der Waals surface area contributed by atoms with Gasteiger partial charge >= 0.3 is 0 Å². The summed E-state index contributed by atoms with van der Waals surface area (Å²) in [5, 5.41) is 11.7. The van der Waals surface area contributed by atoms with E-state index < -0.39 is 6.10 Å². The van der Waals surface area contributed by atoms with E-state index in [0.29, 0.717) is 5.02 Å². The third-order valence-electron chi connectivity index (χ3n) is 6.33. The van der Waals surface area contributed by atoms with Gasteiger partial charge < -0.3 is 9.84 Å². The minimum absolute atomic E-state index is 0.153. The van der Waals surface area contributed by atoms with Crippen molar-refractivity contribution in [2.24, 2.45) is 5.92 Å². The van der Waals surface area contributed by atoms with Crippen LogP contribution in [0.5, 0.6) is 5.75 Å². The number of halogens is 1. The molecule has 1 aliphatic carbocycles. The van der Waals surface area contributed by atoms with Gasteiger partial charge in [0, 0.05) is 11.1 Å². The van der Waals surface area contributed by atoms with Crippen LogP contribution in [-0.4, -0.2) is 41.3 Å². The van der Waals surface area contributed by atoms with E-state index in [2.05, 4.69) is 35.2 Å². The number of rotatable bonds is 5. The van der Waals surface area contributed by atoms with Crippen molar-refractivity contribution >= 4 is 11.6 Å². The van der Waals surface area contributed by atoms with Crippen molar-refractivity contribution in [3.63, 3.8) is 0 Å². The van der Waals surface area contributed by atoms with Crippen molar-refractivity contribution in [3.8, 4) is 5.75 Å². The maximum Gasteiger partial charge on any atom is 0.126 e. The molecule has 1 saturated heterocycles. The smallest absolute Gasteiger partial charge is 0.126 e. The minimum atomic E-state index is -0.446. The number of aliphatic hydroxyl groups is 1. The molecule has 4 heteroatoms. The van der Waals surface area contributed by atoms with Crippen LogP contribution < -0.4 is 4.74 Å². The maximum absolute atomic E-state index is 11.0. The van der Waals surface area contributed by atoms with E-state index in [1.165, 1.54) is 24.8 Å². The highest BCUT2D eigenvalue weighted by Gasteiger charge is 2.38. The van der Waals surface area contributed by atoms with Gasteiger partial charge in [-0.15, -0.1) is 0 Å². The first-order chi connectivity index (χ1) is 13.7. The van der Waals surface area contributed by atoms with Gasteiger partial charge in [0.25, 0.3) is 0 Å². The number of piperidine rings is 1. The molecular formula is C24H30ClNO2. The highest BCUT2D eigenvalue weighted by atomic mass is 35.5. The summed E-state index contributed by atoms with van der Waals surface area (Å²) in [6, 6.07) is 18.5. The molecule has 0 bridgehead atoms. The van der Waals surface area contributed by atoms with Crippen LogP contribution >= 0.6 is 11.6 Å². The second kappa shape index (κ2) is 9.30. The fraction of sp³-hybridized carbons (Fsp3) is 0.500. The van der Waals surface area contributed by atoms with Gasteiger partial charge in [0.2, 0.25) is 0 Å². The zero-order chi connectivity index (χ0) is 19.3. The van der Waals surface area contributed by atoms with Gasteiger partial charge in [-0.1, -0.05) is 48.0 Å². The molecule has 1 saturated carbocycles. The quantitative estimate of drug-likeness (QED) is 0.771. The van der Waals surface area contributed by atoms with E-state index >= 15 is 0 Å². The van der Waals surface area contributed by atoms with Crippen LogP contribution in [0.15, 0.2) is 54.6 Å². The molecule has 2 aliphatic rings. The summed E-state index contributed by atoms with van der Waals surface area (Å²) >= 11 is 6.07. The van der Waals surface area contributed by atoms with E-state index in [4.69, 9.17) is 16.3 Å². The van der Waals surface area contributed by atoms with Gasteiger partial charge in [-0.2, -0.15) is 0 Å². The lowest BCUT2D eigenvalue weighted by atomic mass is 9.85. The van der Waals surface area contributed by atoms with Gasteiger partial charge in [0.05, 0.1) is 0 Å². The average Bonchev–Trinajstić information content (AvgIpc) is 2.71.